The molecule has 0 saturated carbocycles. The summed E-state index contributed by atoms with van der Waals surface area (Å²) in [4.78, 5) is 12.2. The second-order valence-corrected chi connectivity index (χ2v) is 8.40. The molecule has 152 valence electrons. The molecule has 1 amide bonds. The largest absolute Gasteiger partial charge is 0.360 e. The number of carbonyl (C=O) groups is 1. The van der Waals surface area contributed by atoms with Crippen molar-refractivity contribution in [1.29, 1.82) is 0 Å². The van der Waals surface area contributed by atoms with E-state index < -0.39 is 45.0 Å². The normalized spacial score (nSPS) is 16.3. The van der Waals surface area contributed by atoms with Crippen molar-refractivity contribution in [2.75, 3.05) is 13.1 Å². The number of nitrogens with zero attached hydrogens (tertiary/aromatic N) is 2. The van der Waals surface area contributed by atoms with Gasteiger partial charge in [0.15, 0.2) is 23.2 Å². The Morgan fingerprint density at radius 3 is 2.39 bits per heavy atom. The molecule has 1 aromatic heterocycles. The van der Waals surface area contributed by atoms with E-state index in [9.17, 15) is 26.4 Å². The lowest BCUT2D eigenvalue weighted by molar-refractivity contribution is 0.0918. The maximum atomic E-state index is 13.7. The van der Waals surface area contributed by atoms with E-state index >= 15 is 0 Å². The van der Waals surface area contributed by atoms with Crippen molar-refractivity contribution in [1.82, 2.24) is 14.8 Å². The number of sulfonamides is 1. The molecule has 0 unspecified atom stereocenters. The number of aromatic nitrogens is 1. The lowest BCUT2D eigenvalue weighted by atomic mass is 10.1. The fourth-order valence-corrected chi connectivity index (χ4v) is 4.94. The molecule has 0 radical (unpaired) electrons. The van der Waals surface area contributed by atoms with Crippen molar-refractivity contribution < 1.29 is 30.9 Å². The van der Waals surface area contributed by atoms with Crippen LogP contribution in [0.2, 0.25) is 0 Å². The van der Waals surface area contributed by atoms with Crippen LogP contribution in [-0.4, -0.2) is 42.9 Å². The molecule has 1 N–H and O–H groups in total. The van der Waals surface area contributed by atoms with Gasteiger partial charge in [0.25, 0.3) is 5.91 Å². The van der Waals surface area contributed by atoms with Gasteiger partial charge in [-0.15, -0.1) is 0 Å². The number of rotatable bonds is 4. The number of nitrogens with one attached hydrogen (secondary N) is 1. The lowest BCUT2D eigenvalue weighted by Crippen LogP contribution is -2.46. The Hall–Kier alpha value is -2.40. The number of aryl methyl sites for hydroxylation is 2. The summed E-state index contributed by atoms with van der Waals surface area (Å²) in [7, 11) is -3.79. The third-order valence-electron chi connectivity index (χ3n) is 4.63. The van der Waals surface area contributed by atoms with E-state index in [0.717, 1.165) is 6.07 Å². The Labute approximate surface area is 159 Å². The summed E-state index contributed by atoms with van der Waals surface area (Å²) in [6.45, 7) is 3.29. The minimum atomic E-state index is -3.79. The first-order valence-electron chi connectivity index (χ1n) is 8.50. The topological polar surface area (TPSA) is 92.5 Å². The highest BCUT2D eigenvalue weighted by atomic mass is 32.2. The van der Waals surface area contributed by atoms with Gasteiger partial charge >= 0.3 is 0 Å². The van der Waals surface area contributed by atoms with Crippen LogP contribution in [0.4, 0.5) is 13.2 Å². The van der Waals surface area contributed by atoms with Crippen LogP contribution in [0.15, 0.2) is 21.6 Å². The van der Waals surface area contributed by atoms with Gasteiger partial charge in [0.1, 0.15) is 10.6 Å². The van der Waals surface area contributed by atoms with Gasteiger partial charge in [0, 0.05) is 19.1 Å². The Balaban J connectivity index is 1.66. The molecular formula is C17H18F3N3O4S. The molecule has 28 heavy (non-hydrogen) atoms. The number of amides is 1. The number of hydrogen-bond acceptors (Lipinski definition) is 5. The predicted octanol–water partition coefficient (Wildman–Crippen LogP) is 2.29. The first kappa shape index (κ1) is 20.3. The van der Waals surface area contributed by atoms with Gasteiger partial charge < -0.3 is 9.84 Å². The fraction of sp³-hybridized carbons (Fsp3) is 0.412. The zero-order valence-corrected chi connectivity index (χ0v) is 15.9. The van der Waals surface area contributed by atoms with Gasteiger partial charge in [-0.05, 0) is 38.8 Å². The van der Waals surface area contributed by atoms with Crippen LogP contribution in [0.3, 0.4) is 0 Å². The molecular weight excluding hydrogens is 399 g/mol. The molecule has 11 heteroatoms. The van der Waals surface area contributed by atoms with Crippen molar-refractivity contribution in [3.8, 4) is 0 Å². The molecule has 0 bridgehead atoms. The van der Waals surface area contributed by atoms with Gasteiger partial charge in [-0.1, -0.05) is 5.16 Å². The fourth-order valence-electron chi connectivity index (χ4n) is 3.18. The first-order chi connectivity index (χ1) is 13.1. The molecule has 1 aromatic carbocycles. The van der Waals surface area contributed by atoms with Gasteiger partial charge in [0.2, 0.25) is 10.0 Å². The van der Waals surface area contributed by atoms with E-state index in [1.54, 1.807) is 0 Å². The van der Waals surface area contributed by atoms with E-state index in [4.69, 9.17) is 4.52 Å². The minimum absolute atomic E-state index is 0.0267. The average Bonchev–Trinajstić information content (AvgIpc) is 2.99. The summed E-state index contributed by atoms with van der Waals surface area (Å²) < 4.78 is 71.7. The van der Waals surface area contributed by atoms with Crippen LogP contribution >= 0.6 is 0 Å². The molecule has 0 spiro atoms. The van der Waals surface area contributed by atoms with E-state index in [1.165, 1.54) is 18.2 Å². The van der Waals surface area contributed by atoms with Crippen molar-refractivity contribution in [2.24, 2.45) is 0 Å². The number of benzene rings is 1. The Morgan fingerprint density at radius 2 is 1.82 bits per heavy atom. The second-order valence-electron chi connectivity index (χ2n) is 6.53. The van der Waals surface area contributed by atoms with E-state index in [2.05, 4.69) is 10.5 Å². The van der Waals surface area contributed by atoms with Gasteiger partial charge in [-0.2, -0.15) is 4.31 Å². The highest BCUT2D eigenvalue weighted by Crippen LogP contribution is 2.26. The van der Waals surface area contributed by atoms with E-state index in [1.807, 2.05) is 0 Å². The van der Waals surface area contributed by atoms with Crippen molar-refractivity contribution in [3.05, 3.63) is 46.6 Å². The maximum Gasteiger partial charge on any atom is 0.254 e. The summed E-state index contributed by atoms with van der Waals surface area (Å²) in [5.41, 5.74) is -0.341. The van der Waals surface area contributed by atoms with Gasteiger partial charge in [-0.25, -0.2) is 21.6 Å². The minimum Gasteiger partial charge on any atom is -0.360 e. The molecule has 1 aliphatic rings. The van der Waals surface area contributed by atoms with Crippen molar-refractivity contribution in [3.63, 3.8) is 0 Å². The Morgan fingerprint density at radius 1 is 1.18 bits per heavy atom. The molecule has 1 fully saturated rings. The summed E-state index contributed by atoms with van der Waals surface area (Å²) in [6.07, 6.45) is 0.555. The number of hydrogen-bond donors (Lipinski definition) is 1. The molecule has 3 rings (SSSR count). The summed E-state index contributed by atoms with van der Waals surface area (Å²) >= 11 is 0. The molecule has 1 aliphatic heterocycles. The van der Waals surface area contributed by atoms with Crippen LogP contribution in [0.25, 0.3) is 0 Å². The predicted molar refractivity (Wildman–Crippen MR) is 91.5 cm³/mol. The summed E-state index contributed by atoms with van der Waals surface area (Å²) in [5.74, 6) is -5.35. The highest BCUT2D eigenvalue weighted by molar-refractivity contribution is 7.89. The van der Waals surface area contributed by atoms with Crippen LogP contribution in [0.1, 0.15) is 34.7 Å². The van der Waals surface area contributed by atoms with Gasteiger partial charge in [-0.3, -0.25) is 4.79 Å². The SMILES string of the molecule is Cc1noc(C)c1S(=O)(=O)N1CCC(NC(=O)c2ccc(F)c(F)c2F)CC1. The maximum absolute atomic E-state index is 13.7. The lowest BCUT2D eigenvalue weighted by Gasteiger charge is -2.31. The molecule has 2 heterocycles. The quantitative estimate of drug-likeness (QED) is 0.771. The smallest absolute Gasteiger partial charge is 0.254 e. The molecule has 0 aliphatic carbocycles. The summed E-state index contributed by atoms with van der Waals surface area (Å²) in [5, 5.41) is 6.19. The molecule has 2 aromatic rings. The van der Waals surface area contributed by atoms with Crippen LogP contribution in [0.5, 0.6) is 0 Å². The third kappa shape index (κ3) is 3.63. The molecule has 7 nitrogen and oxygen atoms in total. The van der Waals surface area contributed by atoms with E-state index in [0.29, 0.717) is 6.07 Å². The third-order valence-corrected chi connectivity index (χ3v) is 6.78. The van der Waals surface area contributed by atoms with Crippen molar-refractivity contribution in [2.45, 2.75) is 37.6 Å². The van der Waals surface area contributed by atoms with Crippen LogP contribution < -0.4 is 5.32 Å². The Bertz CT molecular complexity index is 995. The van der Waals surface area contributed by atoms with Crippen molar-refractivity contribution >= 4 is 15.9 Å². The number of carbonyl (C=O) groups excluding carboxylic acids is 1. The zero-order chi connectivity index (χ0) is 20.6. The first-order valence-corrected chi connectivity index (χ1v) is 9.94. The Kier molecular flexibility index (Phi) is 5.48. The van der Waals surface area contributed by atoms with E-state index in [-0.39, 0.29) is 42.3 Å². The molecule has 1 saturated heterocycles. The molecule has 0 atom stereocenters. The monoisotopic (exact) mass is 417 g/mol. The van der Waals surface area contributed by atoms with Crippen LogP contribution in [0, 0.1) is 31.3 Å². The highest BCUT2D eigenvalue weighted by Gasteiger charge is 2.34. The average molecular weight is 417 g/mol. The number of piperidine rings is 1. The second kappa shape index (κ2) is 7.55. The summed E-state index contributed by atoms with van der Waals surface area (Å²) in [6, 6.07) is 1.10. The van der Waals surface area contributed by atoms with Crippen LogP contribution in [-0.2, 0) is 10.0 Å². The number of halogens is 3. The standard InChI is InChI=1S/C17H18F3N3O4S/c1-9-16(10(2)27-22-9)28(25,26)23-7-5-11(6-8-23)21-17(24)12-3-4-13(18)15(20)14(12)19/h3-4,11H,5-8H2,1-2H3,(H,21,24). The zero-order valence-electron chi connectivity index (χ0n) is 15.1. The van der Waals surface area contributed by atoms with Gasteiger partial charge in [0.05, 0.1) is 5.56 Å².